The highest BCUT2D eigenvalue weighted by Gasteiger charge is 2.09. The van der Waals surface area contributed by atoms with Crippen molar-refractivity contribution in [3.05, 3.63) is 34.1 Å². The second-order valence-electron chi connectivity index (χ2n) is 4.28. The summed E-state index contributed by atoms with van der Waals surface area (Å²) in [6.07, 6.45) is 1.96. The molecular formula is C12H17BrFN. The van der Waals surface area contributed by atoms with Crippen LogP contribution in [0.1, 0.15) is 38.3 Å². The first-order valence-corrected chi connectivity index (χ1v) is 6.00. The molecule has 0 saturated carbocycles. The van der Waals surface area contributed by atoms with Gasteiger partial charge in [0.2, 0.25) is 0 Å². The summed E-state index contributed by atoms with van der Waals surface area (Å²) < 4.78 is 13.8. The Kier molecular flexibility index (Phi) is 4.74. The van der Waals surface area contributed by atoms with E-state index in [0.29, 0.717) is 5.92 Å². The number of hydrogen-bond acceptors (Lipinski definition) is 1. The number of hydrogen-bond donors (Lipinski definition) is 1. The van der Waals surface area contributed by atoms with E-state index in [0.717, 1.165) is 22.9 Å². The first-order valence-electron chi connectivity index (χ1n) is 5.20. The van der Waals surface area contributed by atoms with Gasteiger partial charge in [0.1, 0.15) is 5.82 Å². The molecular weight excluding hydrogens is 257 g/mol. The fourth-order valence-electron chi connectivity index (χ4n) is 1.47. The standard InChI is InChI=1S/C12H17BrFN/c1-8(2)3-4-12(15)9-5-10(13)7-11(14)6-9/h5-8,12H,3-4,15H2,1-2H3/t12-/m0/s1. The summed E-state index contributed by atoms with van der Waals surface area (Å²) in [6.45, 7) is 4.32. The third kappa shape index (κ3) is 4.31. The summed E-state index contributed by atoms with van der Waals surface area (Å²) >= 11 is 3.27. The van der Waals surface area contributed by atoms with Gasteiger partial charge in [-0.1, -0.05) is 29.8 Å². The first kappa shape index (κ1) is 12.7. The topological polar surface area (TPSA) is 26.0 Å². The molecule has 1 aromatic rings. The summed E-state index contributed by atoms with van der Waals surface area (Å²) in [7, 11) is 0. The van der Waals surface area contributed by atoms with Gasteiger partial charge in [0.25, 0.3) is 0 Å². The SMILES string of the molecule is CC(C)CC[C@H](N)c1cc(F)cc(Br)c1. The Labute approximate surface area is 99.0 Å². The molecule has 1 nitrogen and oxygen atoms in total. The van der Waals surface area contributed by atoms with Crippen LogP contribution in [-0.4, -0.2) is 0 Å². The van der Waals surface area contributed by atoms with Crippen molar-refractivity contribution in [3.8, 4) is 0 Å². The zero-order valence-electron chi connectivity index (χ0n) is 9.13. The highest BCUT2D eigenvalue weighted by Crippen LogP contribution is 2.23. The molecule has 0 aliphatic heterocycles. The highest BCUT2D eigenvalue weighted by atomic mass is 79.9. The molecule has 0 heterocycles. The largest absolute Gasteiger partial charge is 0.324 e. The van der Waals surface area contributed by atoms with Crippen molar-refractivity contribution < 1.29 is 4.39 Å². The van der Waals surface area contributed by atoms with Crippen molar-refractivity contribution >= 4 is 15.9 Å². The van der Waals surface area contributed by atoms with Crippen LogP contribution in [-0.2, 0) is 0 Å². The van der Waals surface area contributed by atoms with Gasteiger partial charge in [-0.25, -0.2) is 4.39 Å². The van der Waals surface area contributed by atoms with Crippen molar-refractivity contribution in [2.45, 2.75) is 32.7 Å². The van der Waals surface area contributed by atoms with Gasteiger partial charge < -0.3 is 5.73 Å². The summed E-state index contributed by atoms with van der Waals surface area (Å²) in [5.74, 6) is 0.396. The average molecular weight is 274 g/mol. The van der Waals surface area contributed by atoms with E-state index in [4.69, 9.17) is 5.73 Å². The van der Waals surface area contributed by atoms with Gasteiger partial charge in [-0.2, -0.15) is 0 Å². The molecule has 3 heteroatoms. The summed E-state index contributed by atoms with van der Waals surface area (Å²) in [6, 6.07) is 4.77. The normalized spacial score (nSPS) is 13.2. The molecule has 0 fully saturated rings. The van der Waals surface area contributed by atoms with Crippen molar-refractivity contribution in [3.63, 3.8) is 0 Å². The molecule has 0 radical (unpaired) electrons. The van der Waals surface area contributed by atoms with E-state index >= 15 is 0 Å². The molecule has 0 unspecified atom stereocenters. The Bertz CT molecular complexity index is 305. The molecule has 1 atom stereocenters. The predicted octanol–water partition coefficient (Wildman–Crippen LogP) is 4.02. The van der Waals surface area contributed by atoms with E-state index in [-0.39, 0.29) is 11.9 Å². The Morgan fingerprint density at radius 2 is 1.93 bits per heavy atom. The third-order valence-corrected chi connectivity index (χ3v) is 2.83. The van der Waals surface area contributed by atoms with Crippen LogP contribution in [0.25, 0.3) is 0 Å². The van der Waals surface area contributed by atoms with E-state index in [9.17, 15) is 4.39 Å². The molecule has 0 aromatic heterocycles. The Morgan fingerprint density at radius 1 is 1.27 bits per heavy atom. The van der Waals surface area contributed by atoms with Crippen LogP contribution in [0.3, 0.4) is 0 Å². The molecule has 0 saturated heterocycles. The van der Waals surface area contributed by atoms with Gasteiger partial charge in [0.05, 0.1) is 0 Å². The van der Waals surface area contributed by atoms with Crippen molar-refractivity contribution in [2.75, 3.05) is 0 Å². The van der Waals surface area contributed by atoms with Crippen LogP contribution in [0.4, 0.5) is 4.39 Å². The van der Waals surface area contributed by atoms with E-state index in [1.807, 2.05) is 6.07 Å². The van der Waals surface area contributed by atoms with E-state index in [1.165, 1.54) is 12.1 Å². The number of nitrogens with two attached hydrogens (primary N) is 1. The zero-order chi connectivity index (χ0) is 11.4. The van der Waals surface area contributed by atoms with Crippen LogP contribution in [0.2, 0.25) is 0 Å². The van der Waals surface area contributed by atoms with Crippen LogP contribution < -0.4 is 5.73 Å². The van der Waals surface area contributed by atoms with E-state index < -0.39 is 0 Å². The fraction of sp³-hybridized carbons (Fsp3) is 0.500. The van der Waals surface area contributed by atoms with Crippen LogP contribution in [0, 0.1) is 11.7 Å². The van der Waals surface area contributed by atoms with Gasteiger partial charge in [0.15, 0.2) is 0 Å². The minimum Gasteiger partial charge on any atom is -0.324 e. The minimum absolute atomic E-state index is 0.0700. The Morgan fingerprint density at radius 3 is 2.47 bits per heavy atom. The molecule has 2 N–H and O–H groups in total. The molecule has 84 valence electrons. The van der Waals surface area contributed by atoms with E-state index in [2.05, 4.69) is 29.8 Å². The molecule has 1 aromatic carbocycles. The molecule has 0 aliphatic carbocycles. The van der Waals surface area contributed by atoms with Crippen molar-refractivity contribution in [1.82, 2.24) is 0 Å². The molecule has 0 bridgehead atoms. The maximum Gasteiger partial charge on any atom is 0.124 e. The van der Waals surface area contributed by atoms with Gasteiger partial charge in [-0.05, 0) is 42.5 Å². The van der Waals surface area contributed by atoms with Gasteiger partial charge in [-0.15, -0.1) is 0 Å². The molecule has 0 spiro atoms. The lowest BCUT2D eigenvalue weighted by Gasteiger charge is -2.13. The maximum atomic E-state index is 13.1. The molecule has 0 aliphatic rings. The minimum atomic E-state index is -0.237. The second-order valence-corrected chi connectivity index (χ2v) is 5.20. The molecule has 0 amide bonds. The first-order chi connectivity index (χ1) is 6.99. The highest BCUT2D eigenvalue weighted by molar-refractivity contribution is 9.10. The molecule has 1 rings (SSSR count). The molecule has 15 heavy (non-hydrogen) atoms. The maximum absolute atomic E-state index is 13.1. The summed E-state index contributed by atoms with van der Waals surface area (Å²) in [5, 5.41) is 0. The number of halogens is 2. The lowest BCUT2D eigenvalue weighted by Crippen LogP contribution is -2.11. The average Bonchev–Trinajstić information content (AvgIpc) is 2.12. The fourth-order valence-corrected chi connectivity index (χ4v) is 1.95. The predicted molar refractivity (Wildman–Crippen MR) is 65.1 cm³/mol. The number of rotatable bonds is 4. The monoisotopic (exact) mass is 273 g/mol. The van der Waals surface area contributed by atoms with E-state index in [1.54, 1.807) is 0 Å². The van der Waals surface area contributed by atoms with Crippen molar-refractivity contribution in [1.29, 1.82) is 0 Å². The Balaban J connectivity index is 2.68. The summed E-state index contributed by atoms with van der Waals surface area (Å²) in [4.78, 5) is 0. The van der Waals surface area contributed by atoms with Gasteiger partial charge in [0, 0.05) is 10.5 Å². The van der Waals surface area contributed by atoms with Gasteiger partial charge >= 0.3 is 0 Å². The van der Waals surface area contributed by atoms with Crippen LogP contribution in [0.15, 0.2) is 22.7 Å². The Hall–Kier alpha value is -0.410. The van der Waals surface area contributed by atoms with Crippen LogP contribution in [0.5, 0.6) is 0 Å². The number of benzene rings is 1. The quantitative estimate of drug-likeness (QED) is 0.881. The smallest absolute Gasteiger partial charge is 0.124 e. The summed E-state index contributed by atoms with van der Waals surface area (Å²) in [5.41, 5.74) is 6.86. The zero-order valence-corrected chi connectivity index (χ0v) is 10.7. The second kappa shape index (κ2) is 5.61. The van der Waals surface area contributed by atoms with Crippen molar-refractivity contribution in [2.24, 2.45) is 11.7 Å². The lowest BCUT2D eigenvalue weighted by molar-refractivity contribution is 0.505. The van der Waals surface area contributed by atoms with Crippen LogP contribution >= 0.6 is 15.9 Å². The lowest BCUT2D eigenvalue weighted by atomic mass is 9.98. The van der Waals surface area contributed by atoms with Gasteiger partial charge in [-0.3, -0.25) is 0 Å². The third-order valence-electron chi connectivity index (χ3n) is 2.37.